The van der Waals surface area contributed by atoms with E-state index < -0.39 is 0 Å². The van der Waals surface area contributed by atoms with Gasteiger partial charge in [0.2, 0.25) is 5.71 Å². The van der Waals surface area contributed by atoms with Crippen LogP contribution >= 0.6 is 15.9 Å². The lowest BCUT2D eigenvalue weighted by Gasteiger charge is -2.19. The number of aromatic nitrogens is 2. The van der Waals surface area contributed by atoms with Crippen LogP contribution in [0.15, 0.2) is 68.3 Å². The first-order valence-corrected chi connectivity index (χ1v) is 10.6. The highest BCUT2D eigenvalue weighted by Crippen LogP contribution is 2.31. The number of hydrogen-bond donors (Lipinski definition) is 0. The molecule has 0 bridgehead atoms. The van der Waals surface area contributed by atoms with E-state index in [2.05, 4.69) is 22.0 Å². The predicted molar refractivity (Wildman–Crippen MR) is 122 cm³/mol. The molecule has 5 nitrogen and oxygen atoms in total. The number of benzene rings is 2. The van der Waals surface area contributed by atoms with Crippen molar-refractivity contribution < 1.29 is 9.15 Å². The van der Waals surface area contributed by atoms with Crippen LogP contribution < -0.4 is 10.3 Å². The van der Waals surface area contributed by atoms with Crippen molar-refractivity contribution in [1.82, 2.24) is 9.55 Å². The van der Waals surface area contributed by atoms with E-state index in [0.29, 0.717) is 29.2 Å². The van der Waals surface area contributed by atoms with Crippen LogP contribution in [0.25, 0.3) is 34.1 Å². The number of nitrogens with zero attached hydrogens (tertiary/aromatic N) is 2. The van der Waals surface area contributed by atoms with Gasteiger partial charge in [0.25, 0.3) is 5.56 Å². The van der Waals surface area contributed by atoms with E-state index in [1.54, 1.807) is 17.7 Å². The van der Waals surface area contributed by atoms with Crippen molar-refractivity contribution in [2.75, 3.05) is 7.11 Å². The van der Waals surface area contributed by atoms with Gasteiger partial charge in [-0.15, -0.1) is 0 Å². The molecule has 0 atom stereocenters. The van der Waals surface area contributed by atoms with Gasteiger partial charge in [0, 0.05) is 16.6 Å². The summed E-state index contributed by atoms with van der Waals surface area (Å²) in [5.74, 6) is 2.12. The van der Waals surface area contributed by atoms with E-state index in [4.69, 9.17) is 14.1 Å². The average molecular weight is 463 g/mol. The third kappa shape index (κ3) is 3.37. The van der Waals surface area contributed by atoms with Gasteiger partial charge in [0.15, 0.2) is 0 Å². The molecule has 6 heteroatoms. The Bertz CT molecular complexity index is 1330. The Labute approximate surface area is 181 Å². The summed E-state index contributed by atoms with van der Waals surface area (Å²) >= 11 is 3.44. The fourth-order valence-electron chi connectivity index (χ4n) is 3.83. The molecule has 5 rings (SSSR count). The zero-order chi connectivity index (χ0) is 20.7. The van der Waals surface area contributed by atoms with Gasteiger partial charge >= 0.3 is 0 Å². The maximum Gasteiger partial charge on any atom is 0.265 e. The molecule has 0 N–H and O–H groups in total. The molecule has 0 fully saturated rings. The van der Waals surface area contributed by atoms with Crippen LogP contribution in [-0.4, -0.2) is 16.7 Å². The Morgan fingerprint density at radius 1 is 1.17 bits per heavy atom. The molecule has 150 valence electrons. The molecule has 4 aromatic rings. The summed E-state index contributed by atoms with van der Waals surface area (Å²) < 4.78 is 14.1. The van der Waals surface area contributed by atoms with Gasteiger partial charge < -0.3 is 9.15 Å². The molecule has 0 saturated carbocycles. The third-order valence-electron chi connectivity index (χ3n) is 5.33. The normalized spacial score (nSPS) is 14.8. The van der Waals surface area contributed by atoms with Crippen molar-refractivity contribution in [1.29, 1.82) is 0 Å². The van der Waals surface area contributed by atoms with Crippen LogP contribution in [0.4, 0.5) is 0 Å². The summed E-state index contributed by atoms with van der Waals surface area (Å²) in [4.78, 5) is 17.9. The summed E-state index contributed by atoms with van der Waals surface area (Å²) in [7, 11) is 1.65. The highest BCUT2D eigenvalue weighted by Gasteiger charge is 2.21. The lowest BCUT2D eigenvalue weighted by Crippen LogP contribution is -2.27. The van der Waals surface area contributed by atoms with Crippen LogP contribution in [0.2, 0.25) is 0 Å². The minimum atomic E-state index is -0.0571. The second-order valence-electron chi connectivity index (χ2n) is 7.28. The number of ether oxygens (including phenoxy) is 1. The topological polar surface area (TPSA) is 57.3 Å². The molecule has 0 radical (unpaired) electrons. The number of furan rings is 1. The first kappa shape index (κ1) is 18.9. The molecule has 30 heavy (non-hydrogen) atoms. The minimum absolute atomic E-state index is 0.0571. The summed E-state index contributed by atoms with van der Waals surface area (Å²) in [6.07, 6.45) is 3.83. The molecule has 0 saturated heterocycles. The first-order chi connectivity index (χ1) is 14.6. The molecule has 2 aromatic carbocycles. The SMILES string of the molecule is COc1cccc(/C=C2\CCCn3c2nc2oc(-c4ccc(Br)cc4)cc2c3=O)c1. The second kappa shape index (κ2) is 7.61. The first-order valence-electron chi connectivity index (χ1n) is 9.78. The van der Waals surface area contributed by atoms with Gasteiger partial charge in [-0.05, 0) is 60.4 Å². The maximum absolute atomic E-state index is 13.2. The lowest BCUT2D eigenvalue weighted by molar-refractivity contribution is 0.414. The van der Waals surface area contributed by atoms with Gasteiger partial charge in [0.1, 0.15) is 22.7 Å². The van der Waals surface area contributed by atoms with Crippen LogP contribution in [-0.2, 0) is 6.54 Å². The molecule has 1 aliphatic rings. The second-order valence-corrected chi connectivity index (χ2v) is 8.19. The Hall–Kier alpha value is -3.12. The summed E-state index contributed by atoms with van der Waals surface area (Å²) in [5, 5.41) is 0.513. The largest absolute Gasteiger partial charge is 0.497 e. The monoisotopic (exact) mass is 462 g/mol. The van der Waals surface area contributed by atoms with Gasteiger partial charge in [-0.3, -0.25) is 9.36 Å². The van der Waals surface area contributed by atoms with Gasteiger partial charge in [-0.2, -0.15) is 4.98 Å². The zero-order valence-electron chi connectivity index (χ0n) is 16.4. The Kier molecular flexibility index (Phi) is 4.79. The Balaban J connectivity index is 1.63. The molecule has 1 aliphatic heterocycles. The van der Waals surface area contributed by atoms with Gasteiger partial charge in [-0.25, -0.2) is 0 Å². The van der Waals surface area contributed by atoms with Crippen LogP contribution in [0, 0.1) is 0 Å². The van der Waals surface area contributed by atoms with E-state index in [1.165, 1.54) is 0 Å². The van der Waals surface area contributed by atoms with Crippen LogP contribution in [0.1, 0.15) is 24.2 Å². The van der Waals surface area contributed by atoms with Crippen LogP contribution in [0.5, 0.6) is 5.75 Å². The van der Waals surface area contributed by atoms with Gasteiger partial charge in [-0.1, -0.05) is 40.2 Å². The van der Waals surface area contributed by atoms with E-state index in [0.717, 1.165) is 39.8 Å². The smallest absolute Gasteiger partial charge is 0.265 e. The summed E-state index contributed by atoms with van der Waals surface area (Å²) in [5.41, 5.74) is 3.27. The molecule has 3 heterocycles. The number of allylic oxidation sites excluding steroid dienone is 1. The third-order valence-corrected chi connectivity index (χ3v) is 5.86. The van der Waals surface area contributed by atoms with Crippen molar-refractivity contribution in [3.8, 4) is 17.1 Å². The molecule has 0 unspecified atom stereocenters. The molecule has 0 aliphatic carbocycles. The van der Waals surface area contributed by atoms with Gasteiger partial charge in [0.05, 0.1) is 7.11 Å². The van der Waals surface area contributed by atoms with Crippen molar-refractivity contribution >= 4 is 38.7 Å². The molecule has 0 spiro atoms. The fourth-order valence-corrected chi connectivity index (χ4v) is 4.10. The van der Waals surface area contributed by atoms with Crippen molar-refractivity contribution in [3.63, 3.8) is 0 Å². The molecular weight excluding hydrogens is 444 g/mol. The van der Waals surface area contributed by atoms with Crippen molar-refractivity contribution in [2.45, 2.75) is 19.4 Å². The van der Waals surface area contributed by atoms with E-state index in [9.17, 15) is 4.79 Å². The zero-order valence-corrected chi connectivity index (χ0v) is 18.0. The summed E-state index contributed by atoms with van der Waals surface area (Å²) in [6, 6.07) is 17.4. The standard InChI is InChI=1S/C24H19BrN2O3/c1-29-19-6-2-4-15(13-19)12-17-5-3-11-27-22(17)26-23-20(24(27)28)14-21(30-23)16-7-9-18(25)10-8-16/h2,4,6-10,12-14H,3,5,11H2,1H3/b17-12+. The summed E-state index contributed by atoms with van der Waals surface area (Å²) in [6.45, 7) is 0.658. The lowest BCUT2D eigenvalue weighted by atomic mass is 10.0. The number of hydrogen-bond acceptors (Lipinski definition) is 4. The minimum Gasteiger partial charge on any atom is -0.497 e. The molecular formula is C24H19BrN2O3. The van der Waals surface area contributed by atoms with E-state index in [1.807, 2.05) is 48.5 Å². The Morgan fingerprint density at radius 3 is 2.80 bits per heavy atom. The predicted octanol–water partition coefficient (Wildman–Crippen LogP) is 5.76. The molecule has 0 amide bonds. The van der Waals surface area contributed by atoms with E-state index in [-0.39, 0.29) is 5.56 Å². The highest BCUT2D eigenvalue weighted by molar-refractivity contribution is 9.10. The maximum atomic E-state index is 13.2. The highest BCUT2D eigenvalue weighted by atomic mass is 79.9. The number of halogens is 1. The fraction of sp³-hybridized carbons (Fsp3) is 0.167. The van der Waals surface area contributed by atoms with Crippen molar-refractivity contribution in [2.24, 2.45) is 0 Å². The number of fused-ring (bicyclic) bond motifs is 2. The van der Waals surface area contributed by atoms with Crippen LogP contribution in [0.3, 0.4) is 0 Å². The van der Waals surface area contributed by atoms with Crippen molar-refractivity contribution in [3.05, 3.63) is 80.8 Å². The average Bonchev–Trinajstić information content (AvgIpc) is 3.20. The Morgan fingerprint density at radius 2 is 2.00 bits per heavy atom. The van der Waals surface area contributed by atoms with E-state index >= 15 is 0 Å². The number of rotatable bonds is 3. The quantitative estimate of drug-likeness (QED) is 0.388. The number of methoxy groups -OCH3 is 1. The molecule has 2 aromatic heterocycles.